The highest BCUT2D eigenvalue weighted by Gasteiger charge is 2.21. The highest BCUT2D eigenvalue weighted by molar-refractivity contribution is 5.77. The number of likely N-dealkylation sites (N-methyl/N-ethyl adjacent to an activating group) is 1. The summed E-state index contributed by atoms with van der Waals surface area (Å²) in [5.41, 5.74) is 1.29. The molecule has 24 heavy (non-hydrogen) atoms. The lowest BCUT2D eigenvalue weighted by Crippen LogP contribution is -2.48. The quantitative estimate of drug-likeness (QED) is 0.765. The van der Waals surface area contributed by atoms with Gasteiger partial charge in [-0.2, -0.15) is 5.26 Å². The summed E-state index contributed by atoms with van der Waals surface area (Å²) in [5.74, 6) is -0.0285. The number of nitrogens with zero attached hydrogens (tertiary/aromatic N) is 3. The molecule has 1 aliphatic heterocycles. The molecule has 0 aliphatic carbocycles. The van der Waals surface area contributed by atoms with Crippen molar-refractivity contribution < 1.29 is 9.53 Å². The summed E-state index contributed by atoms with van der Waals surface area (Å²) < 4.78 is 5.75. The van der Waals surface area contributed by atoms with E-state index in [1.807, 2.05) is 18.0 Å². The molecule has 0 aromatic heterocycles. The van der Waals surface area contributed by atoms with Gasteiger partial charge in [-0.3, -0.25) is 14.6 Å². The van der Waals surface area contributed by atoms with Crippen molar-refractivity contribution in [3.63, 3.8) is 0 Å². The first kappa shape index (κ1) is 18.4. The maximum Gasteiger partial charge on any atom is 0.234 e. The van der Waals surface area contributed by atoms with Crippen LogP contribution < -0.4 is 5.32 Å². The number of hydrogen-bond acceptors (Lipinski definition) is 5. The van der Waals surface area contributed by atoms with Gasteiger partial charge >= 0.3 is 0 Å². The molecule has 0 saturated carbocycles. The number of rotatable bonds is 8. The molecule has 1 unspecified atom stereocenters. The summed E-state index contributed by atoms with van der Waals surface area (Å²) in [7, 11) is 1.84. The van der Waals surface area contributed by atoms with E-state index in [0.717, 1.165) is 19.6 Å². The Kier molecular flexibility index (Phi) is 7.69. The summed E-state index contributed by atoms with van der Waals surface area (Å²) in [5, 5.41) is 11.5. The number of nitriles is 1. The van der Waals surface area contributed by atoms with Gasteiger partial charge in [-0.25, -0.2) is 0 Å². The van der Waals surface area contributed by atoms with Crippen LogP contribution in [0.4, 0.5) is 0 Å². The molecule has 1 fully saturated rings. The van der Waals surface area contributed by atoms with Crippen LogP contribution in [0.1, 0.15) is 12.0 Å². The second kappa shape index (κ2) is 10.0. The third kappa shape index (κ3) is 6.67. The number of morpholine rings is 1. The highest BCUT2D eigenvalue weighted by atomic mass is 16.5. The molecular formula is C18H26N4O2. The number of carbonyl (C=O) groups excluding carboxylic acids is 1. The molecule has 1 saturated heterocycles. The highest BCUT2D eigenvalue weighted by Crippen LogP contribution is 2.10. The smallest absolute Gasteiger partial charge is 0.234 e. The predicted molar refractivity (Wildman–Crippen MR) is 92.2 cm³/mol. The zero-order chi connectivity index (χ0) is 17.2. The molecule has 6 heteroatoms. The second-order valence-corrected chi connectivity index (χ2v) is 6.16. The van der Waals surface area contributed by atoms with E-state index in [9.17, 15) is 4.79 Å². The Bertz CT molecular complexity index is 544. The van der Waals surface area contributed by atoms with Gasteiger partial charge in [0.15, 0.2) is 0 Å². The van der Waals surface area contributed by atoms with Crippen LogP contribution in [0.5, 0.6) is 0 Å². The van der Waals surface area contributed by atoms with E-state index >= 15 is 0 Å². The third-order valence-electron chi connectivity index (χ3n) is 4.02. The summed E-state index contributed by atoms with van der Waals surface area (Å²) in [6.07, 6.45) is 0.458. The number of hydrogen-bond donors (Lipinski definition) is 1. The number of nitrogens with one attached hydrogen (secondary N) is 1. The Hall–Kier alpha value is -1.94. The van der Waals surface area contributed by atoms with Crippen molar-refractivity contribution in [1.29, 1.82) is 5.26 Å². The van der Waals surface area contributed by atoms with Crippen molar-refractivity contribution in [3.05, 3.63) is 35.9 Å². The summed E-state index contributed by atoms with van der Waals surface area (Å²) in [6, 6.07) is 12.5. The van der Waals surface area contributed by atoms with Crippen molar-refractivity contribution in [1.82, 2.24) is 15.1 Å². The minimum Gasteiger partial charge on any atom is -0.374 e. The topological polar surface area (TPSA) is 68.6 Å². The lowest BCUT2D eigenvalue weighted by atomic mass is 10.2. The lowest BCUT2D eigenvalue weighted by Gasteiger charge is -2.33. The minimum absolute atomic E-state index is 0.0239. The van der Waals surface area contributed by atoms with Gasteiger partial charge in [-0.15, -0.1) is 0 Å². The van der Waals surface area contributed by atoms with E-state index in [4.69, 9.17) is 10.00 Å². The minimum atomic E-state index is -0.0285. The molecular weight excluding hydrogens is 304 g/mol. The number of amides is 1. The fourth-order valence-electron chi connectivity index (χ4n) is 2.74. The normalized spacial score (nSPS) is 18.3. The van der Waals surface area contributed by atoms with E-state index < -0.39 is 0 Å². The molecule has 1 aromatic rings. The van der Waals surface area contributed by atoms with Crippen molar-refractivity contribution >= 4 is 5.91 Å². The lowest BCUT2D eigenvalue weighted by molar-refractivity contribution is -0.123. The number of benzene rings is 1. The summed E-state index contributed by atoms with van der Waals surface area (Å²) in [4.78, 5) is 16.1. The van der Waals surface area contributed by atoms with Crippen LogP contribution in [0.25, 0.3) is 0 Å². The molecule has 0 bridgehead atoms. The molecule has 0 radical (unpaired) electrons. The van der Waals surface area contributed by atoms with Crippen molar-refractivity contribution in [2.75, 3.05) is 46.4 Å². The van der Waals surface area contributed by atoms with Gasteiger partial charge < -0.3 is 10.1 Å². The molecule has 1 atom stereocenters. The number of carbonyl (C=O) groups is 1. The average molecular weight is 330 g/mol. The summed E-state index contributed by atoms with van der Waals surface area (Å²) in [6.45, 7) is 4.77. The molecule has 1 heterocycles. The van der Waals surface area contributed by atoms with Crippen LogP contribution in [0, 0.1) is 11.3 Å². The largest absolute Gasteiger partial charge is 0.374 e. The molecule has 1 amide bonds. The van der Waals surface area contributed by atoms with Gasteiger partial charge in [0.05, 0.1) is 25.3 Å². The van der Waals surface area contributed by atoms with Gasteiger partial charge in [0, 0.05) is 39.1 Å². The van der Waals surface area contributed by atoms with Gasteiger partial charge in [0.1, 0.15) is 0 Å². The molecule has 130 valence electrons. The second-order valence-electron chi connectivity index (χ2n) is 6.16. The molecule has 0 spiro atoms. The van der Waals surface area contributed by atoms with E-state index in [2.05, 4.69) is 40.6 Å². The Balaban J connectivity index is 1.69. The Morgan fingerprint density at radius 2 is 2.25 bits per heavy atom. The number of ether oxygens (including phenoxy) is 1. The fraction of sp³-hybridized carbons (Fsp3) is 0.556. The van der Waals surface area contributed by atoms with Crippen LogP contribution in [0.2, 0.25) is 0 Å². The monoisotopic (exact) mass is 330 g/mol. The zero-order valence-corrected chi connectivity index (χ0v) is 14.3. The SMILES string of the molecule is CN(CCC#N)CC(=O)NCC1CN(Cc2ccccc2)CCO1. The Labute approximate surface area is 144 Å². The van der Waals surface area contributed by atoms with Crippen LogP contribution in [-0.4, -0.2) is 68.2 Å². The first-order chi connectivity index (χ1) is 11.7. The molecule has 1 aliphatic rings. The van der Waals surface area contributed by atoms with Gasteiger partial charge in [-0.1, -0.05) is 30.3 Å². The van der Waals surface area contributed by atoms with Crippen molar-refractivity contribution in [2.24, 2.45) is 0 Å². The standard InChI is InChI=1S/C18H26N4O2/c1-21(9-5-8-19)15-18(23)20-12-17-14-22(10-11-24-17)13-16-6-3-2-4-7-16/h2-4,6-7,17H,5,9-15H2,1H3,(H,20,23). The van der Waals surface area contributed by atoms with Gasteiger partial charge in [0.25, 0.3) is 0 Å². The predicted octanol–water partition coefficient (Wildman–Crippen LogP) is 0.849. The van der Waals surface area contributed by atoms with Gasteiger partial charge in [0.2, 0.25) is 5.91 Å². The maximum atomic E-state index is 11.9. The van der Waals surface area contributed by atoms with Crippen molar-refractivity contribution in [2.45, 2.75) is 19.1 Å². The molecule has 2 rings (SSSR count). The van der Waals surface area contributed by atoms with E-state index in [1.54, 1.807) is 0 Å². The Morgan fingerprint density at radius 1 is 1.46 bits per heavy atom. The van der Waals surface area contributed by atoms with E-state index in [1.165, 1.54) is 5.56 Å². The fourth-order valence-corrected chi connectivity index (χ4v) is 2.74. The van der Waals surface area contributed by atoms with Crippen LogP contribution in [-0.2, 0) is 16.1 Å². The average Bonchev–Trinajstić information content (AvgIpc) is 2.59. The Morgan fingerprint density at radius 3 is 3.00 bits per heavy atom. The van der Waals surface area contributed by atoms with Crippen LogP contribution in [0.3, 0.4) is 0 Å². The van der Waals surface area contributed by atoms with Crippen LogP contribution >= 0.6 is 0 Å². The molecule has 6 nitrogen and oxygen atoms in total. The first-order valence-corrected chi connectivity index (χ1v) is 8.37. The van der Waals surface area contributed by atoms with Crippen molar-refractivity contribution in [3.8, 4) is 6.07 Å². The third-order valence-corrected chi connectivity index (χ3v) is 4.02. The first-order valence-electron chi connectivity index (χ1n) is 8.37. The zero-order valence-electron chi connectivity index (χ0n) is 14.3. The molecule has 1 aromatic carbocycles. The van der Waals surface area contributed by atoms with E-state index in [0.29, 0.717) is 32.7 Å². The van der Waals surface area contributed by atoms with Crippen LogP contribution in [0.15, 0.2) is 30.3 Å². The summed E-state index contributed by atoms with van der Waals surface area (Å²) >= 11 is 0. The maximum absolute atomic E-state index is 11.9. The van der Waals surface area contributed by atoms with Gasteiger partial charge in [-0.05, 0) is 12.6 Å². The molecule has 1 N–H and O–H groups in total. The van der Waals surface area contributed by atoms with E-state index in [-0.39, 0.29) is 12.0 Å².